The smallest absolute Gasteiger partial charge is 0.454 e. The first kappa shape index (κ1) is 16.8. The number of fused-ring (bicyclic) bond motifs is 1. The van der Waals surface area contributed by atoms with E-state index in [1.807, 2.05) is 0 Å². The fourth-order valence-corrected chi connectivity index (χ4v) is 3.37. The van der Waals surface area contributed by atoms with Crippen LogP contribution in [0.5, 0.6) is 0 Å². The molecular weight excluding hydrogens is 299 g/mol. The van der Waals surface area contributed by atoms with Gasteiger partial charge in [0.1, 0.15) is 6.04 Å². The van der Waals surface area contributed by atoms with Gasteiger partial charge in [-0.2, -0.15) is 13.2 Å². The largest absolute Gasteiger partial charge is 0.467 e. The van der Waals surface area contributed by atoms with Crippen LogP contribution in [0.1, 0.15) is 33.1 Å². The molecule has 2 rings (SSSR count). The summed E-state index contributed by atoms with van der Waals surface area (Å²) in [5.74, 6) is -2.90. The number of esters is 1. The first-order valence-electron chi connectivity index (χ1n) is 7.38. The summed E-state index contributed by atoms with van der Waals surface area (Å²) in [6, 6.07) is -0.752. The zero-order valence-electron chi connectivity index (χ0n) is 12.8. The van der Waals surface area contributed by atoms with E-state index in [9.17, 15) is 22.8 Å². The van der Waals surface area contributed by atoms with Gasteiger partial charge in [0.05, 0.1) is 7.11 Å². The third kappa shape index (κ3) is 2.85. The monoisotopic (exact) mass is 319 g/mol. The van der Waals surface area contributed by atoms with Gasteiger partial charge in [0.15, 0.2) is 0 Å². The van der Waals surface area contributed by atoms with E-state index in [2.05, 4.69) is 10.1 Å². The Bertz CT molecular complexity index is 511. The predicted octanol–water partition coefficient (Wildman–Crippen LogP) is 2.59. The number of ketones is 1. The molecule has 0 aliphatic heterocycles. The van der Waals surface area contributed by atoms with Gasteiger partial charge in [0, 0.05) is 17.2 Å². The molecule has 0 aromatic rings. The number of alkyl halides is 3. The Morgan fingerprint density at radius 2 is 1.82 bits per heavy atom. The zero-order chi connectivity index (χ0) is 16.7. The Labute approximate surface area is 127 Å². The van der Waals surface area contributed by atoms with Crippen molar-refractivity contribution < 1.29 is 27.5 Å². The lowest BCUT2D eigenvalue weighted by Gasteiger charge is -2.39. The molecule has 3 atom stereocenters. The number of hydrogen-bond donors (Lipinski definition) is 1. The number of allylic oxidation sites excluding steroid dienone is 2. The van der Waals surface area contributed by atoms with E-state index in [1.54, 1.807) is 13.8 Å². The summed E-state index contributed by atoms with van der Waals surface area (Å²) < 4.78 is 43.0. The van der Waals surface area contributed by atoms with Crippen LogP contribution < -0.4 is 5.32 Å². The maximum atomic E-state index is 12.8. The molecule has 3 unspecified atom stereocenters. The molecule has 0 heterocycles. The molecule has 1 N–H and O–H groups in total. The fraction of sp³-hybridized carbons (Fsp3) is 0.733. The lowest BCUT2D eigenvalue weighted by atomic mass is 9.71. The second-order valence-electron chi connectivity index (χ2n) is 6.19. The number of rotatable bonds is 5. The van der Waals surface area contributed by atoms with Crippen LogP contribution in [0, 0.1) is 17.8 Å². The maximum absolute atomic E-state index is 12.8. The lowest BCUT2D eigenvalue weighted by Crippen LogP contribution is -2.49. The molecule has 124 valence electrons. The SMILES string of the molecule is COC(=O)C(NC1=C(C(=O)C(F)(F)F)C2CCCC12)C(C)C. The summed E-state index contributed by atoms with van der Waals surface area (Å²) in [6.07, 6.45) is -2.75. The summed E-state index contributed by atoms with van der Waals surface area (Å²) in [5.41, 5.74) is 0.0958. The van der Waals surface area contributed by atoms with E-state index < -0.39 is 24.0 Å². The van der Waals surface area contributed by atoms with Crippen molar-refractivity contribution in [2.45, 2.75) is 45.3 Å². The van der Waals surface area contributed by atoms with Crippen LogP contribution in [0.15, 0.2) is 11.3 Å². The minimum absolute atomic E-state index is 0.0767. The number of halogens is 3. The van der Waals surface area contributed by atoms with Crippen molar-refractivity contribution in [3.63, 3.8) is 0 Å². The fourth-order valence-electron chi connectivity index (χ4n) is 3.37. The Morgan fingerprint density at radius 3 is 2.32 bits per heavy atom. The van der Waals surface area contributed by atoms with Crippen molar-refractivity contribution in [1.82, 2.24) is 5.32 Å². The van der Waals surface area contributed by atoms with Gasteiger partial charge in [-0.05, 0) is 24.7 Å². The second kappa shape index (κ2) is 5.93. The zero-order valence-corrected chi connectivity index (χ0v) is 12.8. The average molecular weight is 319 g/mol. The number of methoxy groups -OCH3 is 1. The minimum Gasteiger partial charge on any atom is -0.467 e. The van der Waals surface area contributed by atoms with Gasteiger partial charge in [0.25, 0.3) is 5.78 Å². The van der Waals surface area contributed by atoms with E-state index in [4.69, 9.17) is 0 Å². The number of carbonyl (C=O) groups excluding carboxylic acids is 2. The second-order valence-corrected chi connectivity index (χ2v) is 6.19. The van der Waals surface area contributed by atoms with Crippen molar-refractivity contribution in [3.05, 3.63) is 11.3 Å². The molecule has 7 heteroatoms. The molecule has 2 aliphatic carbocycles. The van der Waals surface area contributed by atoms with Crippen molar-refractivity contribution in [2.24, 2.45) is 17.8 Å². The number of Topliss-reactive ketones (excluding diaryl/α,β-unsaturated/α-hetero) is 1. The highest BCUT2D eigenvalue weighted by Gasteiger charge is 2.53. The number of carbonyl (C=O) groups is 2. The molecule has 0 aromatic heterocycles. The molecule has 4 nitrogen and oxygen atoms in total. The quantitative estimate of drug-likeness (QED) is 0.792. The highest BCUT2D eigenvalue weighted by molar-refractivity contribution is 6.02. The van der Waals surface area contributed by atoms with Crippen LogP contribution in [0.2, 0.25) is 0 Å². The summed E-state index contributed by atoms with van der Waals surface area (Å²) in [7, 11) is 1.23. The summed E-state index contributed by atoms with van der Waals surface area (Å²) >= 11 is 0. The van der Waals surface area contributed by atoms with E-state index in [1.165, 1.54) is 7.11 Å². The van der Waals surface area contributed by atoms with Gasteiger partial charge in [-0.25, -0.2) is 4.79 Å². The normalized spacial score (nSPS) is 25.6. The topological polar surface area (TPSA) is 55.4 Å². The molecule has 0 aromatic carbocycles. The first-order valence-corrected chi connectivity index (χ1v) is 7.38. The maximum Gasteiger partial charge on any atom is 0.454 e. The standard InChI is InChI=1S/C15H20F3NO3/c1-7(2)11(14(21)22-3)19-12-9-6-4-5-8(9)10(12)13(20)15(16,17)18/h7-9,11,19H,4-6H2,1-3H3. The van der Waals surface area contributed by atoms with Crippen molar-refractivity contribution in [3.8, 4) is 0 Å². The Balaban J connectivity index is 2.30. The molecule has 2 aliphatic rings. The first-order chi connectivity index (χ1) is 10.2. The van der Waals surface area contributed by atoms with Crippen LogP contribution in [0.4, 0.5) is 13.2 Å². The van der Waals surface area contributed by atoms with E-state index in [-0.39, 0.29) is 29.0 Å². The molecule has 22 heavy (non-hydrogen) atoms. The average Bonchev–Trinajstić information content (AvgIpc) is 2.81. The number of nitrogens with one attached hydrogen (secondary N) is 1. The highest BCUT2D eigenvalue weighted by Crippen LogP contribution is 2.52. The lowest BCUT2D eigenvalue weighted by molar-refractivity contribution is -0.168. The van der Waals surface area contributed by atoms with Crippen LogP contribution in [-0.2, 0) is 14.3 Å². The Morgan fingerprint density at radius 1 is 1.23 bits per heavy atom. The summed E-state index contributed by atoms with van der Waals surface area (Å²) in [4.78, 5) is 23.4. The Kier molecular flexibility index (Phi) is 4.54. The van der Waals surface area contributed by atoms with Gasteiger partial charge in [-0.1, -0.05) is 20.3 Å². The number of hydrogen-bond acceptors (Lipinski definition) is 4. The van der Waals surface area contributed by atoms with Crippen LogP contribution in [0.25, 0.3) is 0 Å². The molecule has 1 fully saturated rings. The highest BCUT2D eigenvalue weighted by atomic mass is 19.4. The van der Waals surface area contributed by atoms with Gasteiger partial charge < -0.3 is 10.1 Å². The minimum atomic E-state index is -4.88. The van der Waals surface area contributed by atoms with Gasteiger partial charge in [0.2, 0.25) is 0 Å². The summed E-state index contributed by atoms with van der Waals surface area (Å²) in [5, 5.41) is 2.86. The van der Waals surface area contributed by atoms with Crippen LogP contribution in [0.3, 0.4) is 0 Å². The Hall–Kier alpha value is -1.53. The molecular formula is C15H20F3NO3. The van der Waals surface area contributed by atoms with Crippen molar-refractivity contribution >= 4 is 11.8 Å². The number of ether oxygens (including phenoxy) is 1. The molecule has 0 spiro atoms. The molecule has 0 amide bonds. The van der Waals surface area contributed by atoms with Crippen molar-refractivity contribution in [1.29, 1.82) is 0 Å². The molecule has 0 radical (unpaired) electrons. The van der Waals surface area contributed by atoms with Gasteiger partial charge in [-0.15, -0.1) is 0 Å². The molecule has 0 bridgehead atoms. The molecule has 0 saturated heterocycles. The van der Waals surface area contributed by atoms with Gasteiger partial charge >= 0.3 is 12.1 Å². The predicted molar refractivity (Wildman–Crippen MR) is 72.7 cm³/mol. The van der Waals surface area contributed by atoms with Crippen LogP contribution in [-0.4, -0.2) is 31.1 Å². The summed E-state index contributed by atoms with van der Waals surface area (Å²) in [6.45, 7) is 3.54. The van der Waals surface area contributed by atoms with E-state index in [0.717, 1.165) is 12.8 Å². The van der Waals surface area contributed by atoms with E-state index in [0.29, 0.717) is 6.42 Å². The molecule has 1 saturated carbocycles. The third-order valence-electron chi connectivity index (χ3n) is 4.48. The van der Waals surface area contributed by atoms with Gasteiger partial charge in [-0.3, -0.25) is 4.79 Å². The van der Waals surface area contributed by atoms with E-state index >= 15 is 0 Å². The third-order valence-corrected chi connectivity index (χ3v) is 4.48. The van der Waals surface area contributed by atoms with Crippen LogP contribution >= 0.6 is 0 Å². The van der Waals surface area contributed by atoms with Crippen molar-refractivity contribution in [2.75, 3.05) is 7.11 Å².